The van der Waals surface area contributed by atoms with Crippen molar-refractivity contribution in [2.45, 2.75) is 13.0 Å². The van der Waals surface area contributed by atoms with E-state index in [4.69, 9.17) is 5.11 Å². The first-order valence-corrected chi connectivity index (χ1v) is 6.07. The number of nitrogens with one attached hydrogen (secondary N) is 1. The topological polar surface area (TPSA) is 49.3 Å². The molecule has 1 aromatic heterocycles. The van der Waals surface area contributed by atoms with Crippen LogP contribution in [0.25, 0.3) is 6.08 Å². The molecule has 0 aliphatic rings. The van der Waals surface area contributed by atoms with Crippen LogP contribution in [0.2, 0.25) is 0 Å². The molecule has 0 saturated carbocycles. The predicted molar refractivity (Wildman–Crippen MR) is 65.7 cm³/mol. The van der Waals surface area contributed by atoms with Crippen LogP contribution >= 0.6 is 27.3 Å². The maximum atomic E-state index is 11.3. The lowest BCUT2D eigenvalue weighted by molar-refractivity contribution is -0.117. The standard InChI is InChI=1S/C10H12BrNO2S/c1-7(6-13)12-10(14)5-3-8-2-4-9(11)15-8/h2-5,7,13H,6H2,1H3,(H,12,14)/t7-/m0/s1. The molecule has 0 radical (unpaired) electrons. The van der Waals surface area contributed by atoms with E-state index in [1.807, 2.05) is 12.1 Å². The summed E-state index contributed by atoms with van der Waals surface area (Å²) >= 11 is 4.90. The minimum absolute atomic E-state index is 0.0515. The molecule has 0 spiro atoms. The molecule has 3 nitrogen and oxygen atoms in total. The quantitative estimate of drug-likeness (QED) is 0.834. The largest absolute Gasteiger partial charge is 0.394 e. The van der Waals surface area contributed by atoms with E-state index in [1.54, 1.807) is 24.3 Å². The van der Waals surface area contributed by atoms with E-state index in [0.717, 1.165) is 8.66 Å². The highest BCUT2D eigenvalue weighted by molar-refractivity contribution is 9.11. The van der Waals surface area contributed by atoms with Crippen LogP contribution in [0.4, 0.5) is 0 Å². The van der Waals surface area contributed by atoms with Crippen LogP contribution in [0.5, 0.6) is 0 Å². The fourth-order valence-corrected chi connectivity index (χ4v) is 2.24. The number of hydrogen-bond acceptors (Lipinski definition) is 3. The number of hydrogen-bond donors (Lipinski definition) is 2. The monoisotopic (exact) mass is 289 g/mol. The summed E-state index contributed by atoms with van der Waals surface area (Å²) < 4.78 is 1.03. The summed E-state index contributed by atoms with van der Waals surface area (Å²) in [7, 11) is 0. The number of carbonyl (C=O) groups is 1. The van der Waals surface area contributed by atoms with Crippen molar-refractivity contribution >= 4 is 39.2 Å². The van der Waals surface area contributed by atoms with Crippen LogP contribution in [0, 0.1) is 0 Å². The minimum Gasteiger partial charge on any atom is -0.394 e. The average molecular weight is 290 g/mol. The van der Waals surface area contributed by atoms with Crippen LogP contribution in [-0.4, -0.2) is 23.7 Å². The number of rotatable bonds is 4. The van der Waals surface area contributed by atoms with Gasteiger partial charge in [-0.25, -0.2) is 0 Å². The molecule has 1 atom stereocenters. The number of halogens is 1. The molecule has 5 heteroatoms. The Morgan fingerprint density at radius 3 is 3.00 bits per heavy atom. The molecule has 0 aliphatic heterocycles. The molecule has 1 rings (SSSR count). The zero-order valence-electron chi connectivity index (χ0n) is 8.24. The second kappa shape index (κ2) is 6.05. The number of aliphatic hydroxyl groups excluding tert-OH is 1. The van der Waals surface area contributed by atoms with Crippen LogP contribution < -0.4 is 5.32 Å². The second-order valence-corrected chi connectivity index (χ2v) is 5.56. The summed E-state index contributed by atoms with van der Waals surface area (Å²) in [4.78, 5) is 12.3. The molecule has 15 heavy (non-hydrogen) atoms. The van der Waals surface area contributed by atoms with Crippen molar-refractivity contribution in [3.63, 3.8) is 0 Å². The van der Waals surface area contributed by atoms with Gasteiger partial charge in [0.05, 0.1) is 10.4 Å². The summed E-state index contributed by atoms with van der Waals surface area (Å²) in [6.45, 7) is 1.69. The van der Waals surface area contributed by atoms with Gasteiger partial charge in [0.25, 0.3) is 0 Å². The third kappa shape index (κ3) is 4.59. The molecule has 0 aromatic carbocycles. The molecule has 0 fully saturated rings. The minimum atomic E-state index is -0.211. The lowest BCUT2D eigenvalue weighted by Gasteiger charge is -2.07. The first kappa shape index (κ1) is 12.4. The van der Waals surface area contributed by atoms with Gasteiger partial charge in [-0.3, -0.25) is 4.79 Å². The van der Waals surface area contributed by atoms with E-state index in [2.05, 4.69) is 21.2 Å². The van der Waals surface area contributed by atoms with E-state index < -0.39 is 0 Å². The Labute approximate surface area is 101 Å². The van der Waals surface area contributed by atoms with Gasteiger partial charge >= 0.3 is 0 Å². The molecule has 0 saturated heterocycles. The molecule has 0 aliphatic carbocycles. The fourth-order valence-electron chi connectivity index (χ4n) is 0.912. The van der Waals surface area contributed by atoms with Gasteiger partial charge in [-0.05, 0) is 41.1 Å². The first-order chi connectivity index (χ1) is 7.11. The summed E-state index contributed by atoms with van der Waals surface area (Å²) in [5.41, 5.74) is 0. The van der Waals surface area contributed by atoms with Crippen molar-refractivity contribution in [3.8, 4) is 0 Å². The summed E-state index contributed by atoms with van der Waals surface area (Å²) in [6, 6.07) is 3.64. The fraction of sp³-hybridized carbons (Fsp3) is 0.300. The molecule has 1 heterocycles. The highest BCUT2D eigenvalue weighted by atomic mass is 79.9. The van der Waals surface area contributed by atoms with E-state index in [1.165, 1.54) is 6.08 Å². The van der Waals surface area contributed by atoms with Crippen molar-refractivity contribution in [2.24, 2.45) is 0 Å². The van der Waals surface area contributed by atoms with E-state index in [9.17, 15) is 4.79 Å². The molecule has 1 amide bonds. The van der Waals surface area contributed by atoms with Crippen LogP contribution in [0.15, 0.2) is 22.0 Å². The molecule has 0 unspecified atom stereocenters. The lowest BCUT2D eigenvalue weighted by atomic mass is 10.3. The highest BCUT2D eigenvalue weighted by Crippen LogP contribution is 2.22. The van der Waals surface area contributed by atoms with Crippen LogP contribution in [-0.2, 0) is 4.79 Å². The van der Waals surface area contributed by atoms with Crippen molar-refractivity contribution in [3.05, 3.63) is 26.9 Å². The zero-order valence-corrected chi connectivity index (χ0v) is 10.6. The maximum absolute atomic E-state index is 11.3. The van der Waals surface area contributed by atoms with E-state index in [-0.39, 0.29) is 18.6 Å². The molecular formula is C10H12BrNO2S. The third-order valence-electron chi connectivity index (χ3n) is 1.66. The van der Waals surface area contributed by atoms with E-state index in [0.29, 0.717) is 0 Å². The van der Waals surface area contributed by atoms with Crippen LogP contribution in [0.3, 0.4) is 0 Å². The molecule has 2 N–H and O–H groups in total. The Morgan fingerprint density at radius 2 is 2.47 bits per heavy atom. The van der Waals surface area contributed by atoms with Gasteiger partial charge in [0.2, 0.25) is 5.91 Å². The van der Waals surface area contributed by atoms with Gasteiger partial charge in [0, 0.05) is 17.0 Å². The molecule has 82 valence electrons. The van der Waals surface area contributed by atoms with Crippen molar-refractivity contribution in [2.75, 3.05) is 6.61 Å². The molecule has 1 aromatic rings. The lowest BCUT2D eigenvalue weighted by Crippen LogP contribution is -2.33. The smallest absolute Gasteiger partial charge is 0.244 e. The number of amides is 1. The summed E-state index contributed by atoms with van der Waals surface area (Å²) in [5.74, 6) is -0.193. The maximum Gasteiger partial charge on any atom is 0.244 e. The number of aliphatic hydroxyl groups is 1. The molecule has 0 bridgehead atoms. The average Bonchev–Trinajstić information content (AvgIpc) is 2.61. The van der Waals surface area contributed by atoms with Gasteiger partial charge in [0.1, 0.15) is 0 Å². The predicted octanol–water partition coefficient (Wildman–Crippen LogP) is 2.02. The summed E-state index contributed by atoms with van der Waals surface area (Å²) in [5, 5.41) is 11.4. The van der Waals surface area contributed by atoms with Crippen molar-refractivity contribution in [1.82, 2.24) is 5.32 Å². The number of carbonyl (C=O) groups excluding carboxylic acids is 1. The normalized spacial score (nSPS) is 13.0. The third-order valence-corrected chi connectivity index (χ3v) is 3.24. The van der Waals surface area contributed by atoms with Gasteiger partial charge in [-0.15, -0.1) is 11.3 Å². The first-order valence-electron chi connectivity index (χ1n) is 4.46. The van der Waals surface area contributed by atoms with E-state index >= 15 is 0 Å². The van der Waals surface area contributed by atoms with Gasteiger partial charge in [0.15, 0.2) is 0 Å². The Morgan fingerprint density at radius 1 is 1.73 bits per heavy atom. The van der Waals surface area contributed by atoms with Gasteiger partial charge in [-0.2, -0.15) is 0 Å². The second-order valence-electron chi connectivity index (χ2n) is 3.07. The van der Waals surface area contributed by atoms with Gasteiger partial charge < -0.3 is 10.4 Å². The molecular weight excluding hydrogens is 278 g/mol. The summed E-state index contributed by atoms with van der Waals surface area (Å²) in [6.07, 6.45) is 3.21. The Hall–Kier alpha value is -0.650. The van der Waals surface area contributed by atoms with Crippen LogP contribution in [0.1, 0.15) is 11.8 Å². The van der Waals surface area contributed by atoms with Gasteiger partial charge in [-0.1, -0.05) is 0 Å². The Balaban J connectivity index is 2.47. The van der Waals surface area contributed by atoms with Crippen molar-refractivity contribution < 1.29 is 9.90 Å². The number of thiophene rings is 1. The Bertz CT molecular complexity index is 362. The Kier molecular flexibility index (Phi) is 5.01. The zero-order chi connectivity index (χ0) is 11.3. The van der Waals surface area contributed by atoms with Crippen molar-refractivity contribution in [1.29, 1.82) is 0 Å². The highest BCUT2D eigenvalue weighted by Gasteiger charge is 2.02. The SMILES string of the molecule is C[C@@H](CO)NC(=O)C=Cc1ccc(Br)s1.